The van der Waals surface area contributed by atoms with E-state index in [0.29, 0.717) is 6.54 Å². The van der Waals surface area contributed by atoms with E-state index in [1.807, 2.05) is 36.7 Å². The summed E-state index contributed by atoms with van der Waals surface area (Å²) in [4.78, 5) is 22.8. The molecule has 3 aromatic carbocycles. The van der Waals surface area contributed by atoms with Gasteiger partial charge in [0.15, 0.2) is 0 Å². The van der Waals surface area contributed by atoms with Crippen LogP contribution in [0.15, 0.2) is 103 Å². The minimum absolute atomic E-state index is 0.139. The van der Waals surface area contributed by atoms with Gasteiger partial charge in [-0.3, -0.25) is 14.7 Å². The summed E-state index contributed by atoms with van der Waals surface area (Å²) in [5, 5.41) is 0. The molecule has 0 radical (unpaired) electrons. The van der Waals surface area contributed by atoms with Crippen LogP contribution in [0.1, 0.15) is 66.1 Å². The van der Waals surface area contributed by atoms with Gasteiger partial charge in [-0.1, -0.05) is 86.5 Å². The molecule has 0 spiro atoms. The van der Waals surface area contributed by atoms with Gasteiger partial charge in [0, 0.05) is 50.2 Å². The van der Waals surface area contributed by atoms with Gasteiger partial charge in [0.2, 0.25) is 0 Å². The molecular formula is C36H41N3O. The maximum Gasteiger partial charge on any atom is 0.254 e. The second kappa shape index (κ2) is 14.0. The lowest BCUT2D eigenvalue weighted by atomic mass is 9.99. The topological polar surface area (TPSA) is 36.4 Å². The SMILES string of the molecule is CCCCCc1ccc(C(=O)N(Cc2ccc(-c3ccncc3)cc2)C2CCN(Cc3ccccc3)CC2)cc1. The molecule has 2 heterocycles. The number of nitrogens with zero attached hydrogens (tertiary/aromatic N) is 3. The summed E-state index contributed by atoms with van der Waals surface area (Å²) in [6, 6.07) is 32.0. The first-order valence-corrected chi connectivity index (χ1v) is 14.8. The van der Waals surface area contributed by atoms with E-state index in [2.05, 4.69) is 88.4 Å². The number of likely N-dealkylation sites (tertiary alicyclic amines) is 1. The van der Waals surface area contributed by atoms with Gasteiger partial charge in [-0.15, -0.1) is 0 Å². The van der Waals surface area contributed by atoms with Crippen LogP contribution in [-0.4, -0.2) is 39.8 Å². The number of rotatable bonds is 11. The summed E-state index contributed by atoms with van der Waals surface area (Å²) in [7, 11) is 0. The number of hydrogen-bond acceptors (Lipinski definition) is 3. The minimum Gasteiger partial charge on any atom is -0.331 e. The molecule has 1 aromatic heterocycles. The van der Waals surface area contributed by atoms with Gasteiger partial charge >= 0.3 is 0 Å². The average molecular weight is 532 g/mol. The maximum atomic E-state index is 14.0. The van der Waals surface area contributed by atoms with Gasteiger partial charge in [0.1, 0.15) is 0 Å². The first-order chi connectivity index (χ1) is 19.7. The lowest BCUT2D eigenvalue weighted by molar-refractivity contribution is 0.0543. The third-order valence-electron chi connectivity index (χ3n) is 8.10. The van der Waals surface area contributed by atoms with Crippen LogP contribution in [0.2, 0.25) is 0 Å². The number of hydrogen-bond donors (Lipinski definition) is 0. The number of carbonyl (C=O) groups is 1. The van der Waals surface area contributed by atoms with Crippen molar-refractivity contribution >= 4 is 5.91 Å². The Morgan fingerprint density at radius 2 is 1.43 bits per heavy atom. The number of amides is 1. The molecule has 0 atom stereocenters. The van der Waals surface area contributed by atoms with Crippen molar-refractivity contribution < 1.29 is 4.79 Å². The molecule has 0 bridgehead atoms. The third kappa shape index (κ3) is 7.45. The van der Waals surface area contributed by atoms with E-state index in [0.717, 1.165) is 61.2 Å². The second-order valence-electron chi connectivity index (χ2n) is 11.0. The number of carbonyl (C=O) groups excluding carboxylic acids is 1. The van der Waals surface area contributed by atoms with Gasteiger partial charge in [0.05, 0.1) is 0 Å². The lowest BCUT2D eigenvalue weighted by Gasteiger charge is -2.39. The van der Waals surface area contributed by atoms with E-state index in [1.165, 1.54) is 30.4 Å². The zero-order valence-electron chi connectivity index (χ0n) is 23.7. The van der Waals surface area contributed by atoms with Crippen molar-refractivity contribution in [2.75, 3.05) is 13.1 Å². The molecule has 40 heavy (non-hydrogen) atoms. The summed E-state index contributed by atoms with van der Waals surface area (Å²) in [6.45, 7) is 5.82. The molecule has 5 rings (SSSR count). The predicted octanol–water partition coefficient (Wildman–Crippen LogP) is 7.79. The molecule has 4 heteroatoms. The highest BCUT2D eigenvalue weighted by Crippen LogP contribution is 2.25. The van der Waals surface area contributed by atoms with Gasteiger partial charge < -0.3 is 4.90 Å². The normalized spacial score (nSPS) is 14.2. The van der Waals surface area contributed by atoms with Gasteiger partial charge in [-0.25, -0.2) is 0 Å². The maximum absolute atomic E-state index is 14.0. The Morgan fingerprint density at radius 1 is 0.775 bits per heavy atom. The highest BCUT2D eigenvalue weighted by atomic mass is 16.2. The lowest BCUT2D eigenvalue weighted by Crippen LogP contribution is -2.46. The van der Waals surface area contributed by atoms with Crippen molar-refractivity contribution in [2.24, 2.45) is 0 Å². The summed E-state index contributed by atoms with van der Waals surface area (Å²) in [5.41, 5.74) is 6.93. The first-order valence-electron chi connectivity index (χ1n) is 14.8. The van der Waals surface area contributed by atoms with E-state index in [4.69, 9.17) is 0 Å². The van der Waals surface area contributed by atoms with Crippen LogP contribution in [0.5, 0.6) is 0 Å². The van der Waals surface area contributed by atoms with E-state index in [9.17, 15) is 4.79 Å². The van der Waals surface area contributed by atoms with Crippen LogP contribution in [0, 0.1) is 0 Å². The van der Waals surface area contributed by atoms with E-state index < -0.39 is 0 Å². The van der Waals surface area contributed by atoms with Crippen molar-refractivity contribution in [3.8, 4) is 11.1 Å². The van der Waals surface area contributed by atoms with Crippen molar-refractivity contribution in [3.63, 3.8) is 0 Å². The van der Waals surface area contributed by atoms with Crippen molar-refractivity contribution in [2.45, 2.75) is 64.6 Å². The van der Waals surface area contributed by atoms with E-state index >= 15 is 0 Å². The molecule has 1 aliphatic rings. The third-order valence-corrected chi connectivity index (χ3v) is 8.10. The Balaban J connectivity index is 1.30. The fraction of sp³-hybridized carbons (Fsp3) is 0.333. The summed E-state index contributed by atoms with van der Waals surface area (Å²) < 4.78 is 0. The van der Waals surface area contributed by atoms with Gasteiger partial charge in [-0.05, 0) is 77.8 Å². The zero-order chi connectivity index (χ0) is 27.6. The molecule has 1 saturated heterocycles. The Hall–Kier alpha value is -3.76. The molecule has 1 fully saturated rings. The highest BCUT2D eigenvalue weighted by molar-refractivity contribution is 5.94. The van der Waals surface area contributed by atoms with Gasteiger partial charge in [-0.2, -0.15) is 0 Å². The standard InChI is InChI=1S/C36H41N3O/c1-2-3-5-8-29-11-17-34(18-12-29)36(40)39(28-31-13-15-32(16-14-31)33-19-23-37-24-20-33)35-21-25-38(26-22-35)27-30-9-6-4-7-10-30/h4,6-7,9-20,23-24,35H,2-3,5,8,21-22,25-28H2,1H3. The highest BCUT2D eigenvalue weighted by Gasteiger charge is 2.29. The van der Waals surface area contributed by atoms with Crippen molar-refractivity contribution in [1.82, 2.24) is 14.8 Å². The fourth-order valence-electron chi connectivity index (χ4n) is 5.70. The first kappa shape index (κ1) is 27.8. The molecule has 0 N–H and O–H groups in total. The Morgan fingerprint density at radius 3 is 2.10 bits per heavy atom. The average Bonchev–Trinajstić information content (AvgIpc) is 3.02. The Bertz CT molecular complexity index is 1310. The van der Waals surface area contributed by atoms with E-state index in [1.54, 1.807) is 0 Å². The molecule has 4 nitrogen and oxygen atoms in total. The largest absolute Gasteiger partial charge is 0.331 e. The molecule has 0 saturated carbocycles. The molecule has 0 aliphatic carbocycles. The molecule has 206 valence electrons. The summed E-state index contributed by atoms with van der Waals surface area (Å²) in [5.74, 6) is 0.139. The summed E-state index contributed by atoms with van der Waals surface area (Å²) >= 11 is 0. The number of pyridine rings is 1. The molecule has 1 amide bonds. The molecule has 4 aromatic rings. The van der Waals surface area contributed by atoms with Crippen LogP contribution in [0.3, 0.4) is 0 Å². The van der Waals surface area contributed by atoms with Crippen LogP contribution in [0.25, 0.3) is 11.1 Å². The van der Waals surface area contributed by atoms with Crippen LogP contribution in [-0.2, 0) is 19.5 Å². The number of piperidine rings is 1. The second-order valence-corrected chi connectivity index (χ2v) is 11.0. The van der Waals surface area contributed by atoms with E-state index in [-0.39, 0.29) is 11.9 Å². The van der Waals surface area contributed by atoms with Crippen molar-refractivity contribution in [3.05, 3.63) is 126 Å². The quantitative estimate of drug-likeness (QED) is 0.185. The molecular weight excluding hydrogens is 490 g/mol. The fourth-order valence-corrected chi connectivity index (χ4v) is 5.70. The summed E-state index contributed by atoms with van der Waals surface area (Å²) in [6.07, 6.45) is 10.4. The molecule has 1 aliphatic heterocycles. The Labute approximate surface area is 239 Å². The zero-order valence-corrected chi connectivity index (χ0v) is 23.7. The number of benzene rings is 3. The van der Waals surface area contributed by atoms with Crippen LogP contribution in [0.4, 0.5) is 0 Å². The number of aromatic nitrogens is 1. The Kier molecular flexibility index (Phi) is 9.76. The number of unbranched alkanes of at least 4 members (excludes halogenated alkanes) is 2. The van der Waals surface area contributed by atoms with Crippen molar-refractivity contribution in [1.29, 1.82) is 0 Å². The molecule has 0 unspecified atom stereocenters. The monoisotopic (exact) mass is 531 g/mol. The van der Waals surface area contributed by atoms with Crippen LogP contribution >= 0.6 is 0 Å². The van der Waals surface area contributed by atoms with Gasteiger partial charge in [0.25, 0.3) is 5.91 Å². The predicted molar refractivity (Wildman–Crippen MR) is 164 cm³/mol. The minimum atomic E-state index is 0.139. The van der Waals surface area contributed by atoms with Crippen LogP contribution < -0.4 is 0 Å². The number of aryl methyl sites for hydroxylation is 1. The smallest absolute Gasteiger partial charge is 0.254 e.